The number of hydrogen-bond donors (Lipinski definition) is 1. The fraction of sp³-hybridized carbons (Fsp3) is 0.947. The van der Waals surface area contributed by atoms with Crippen molar-refractivity contribution in [1.29, 1.82) is 0 Å². The van der Waals surface area contributed by atoms with E-state index in [1.807, 2.05) is 0 Å². The standard InChI is InChI=1S/C19H37N3O.2ClH/c1-3-21(4-2)15-17-8-12-22(13-9-17)18(23)14-19(16-20)10-6-5-7-11-19;;/h17H,3-16,20H2,1-2H3;2*1H. The van der Waals surface area contributed by atoms with Crippen molar-refractivity contribution in [3.63, 3.8) is 0 Å². The van der Waals surface area contributed by atoms with Gasteiger partial charge in [0.2, 0.25) is 5.91 Å². The van der Waals surface area contributed by atoms with Crippen LogP contribution in [-0.2, 0) is 4.79 Å². The van der Waals surface area contributed by atoms with Gasteiger partial charge in [-0.1, -0.05) is 33.1 Å². The van der Waals surface area contributed by atoms with E-state index in [9.17, 15) is 4.79 Å². The van der Waals surface area contributed by atoms with E-state index in [-0.39, 0.29) is 30.2 Å². The van der Waals surface area contributed by atoms with Crippen LogP contribution in [0.2, 0.25) is 0 Å². The first kappa shape index (κ1) is 25.0. The maximum absolute atomic E-state index is 12.7. The molecule has 0 aromatic carbocycles. The van der Waals surface area contributed by atoms with Crippen molar-refractivity contribution >= 4 is 30.7 Å². The largest absolute Gasteiger partial charge is 0.343 e. The Labute approximate surface area is 167 Å². The van der Waals surface area contributed by atoms with E-state index in [0.717, 1.165) is 57.8 Å². The molecule has 4 nitrogen and oxygen atoms in total. The lowest BCUT2D eigenvalue weighted by atomic mass is 9.71. The molecule has 1 amide bonds. The molecule has 2 aliphatic rings. The zero-order valence-electron chi connectivity index (χ0n) is 16.2. The zero-order valence-corrected chi connectivity index (χ0v) is 17.8. The minimum atomic E-state index is 0. The topological polar surface area (TPSA) is 49.6 Å². The lowest BCUT2D eigenvalue weighted by Gasteiger charge is -2.39. The maximum atomic E-state index is 12.7. The van der Waals surface area contributed by atoms with E-state index in [1.165, 1.54) is 25.8 Å². The smallest absolute Gasteiger partial charge is 0.223 e. The Kier molecular flexibility index (Phi) is 12.4. The molecule has 0 aromatic rings. The number of nitrogens with two attached hydrogens (primary N) is 1. The van der Waals surface area contributed by atoms with Crippen molar-refractivity contribution in [2.75, 3.05) is 39.3 Å². The van der Waals surface area contributed by atoms with Gasteiger partial charge in [0.05, 0.1) is 0 Å². The second-order valence-electron chi connectivity index (χ2n) is 7.75. The number of carbonyl (C=O) groups is 1. The number of piperidine rings is 1. The van der Waals surface area contributed by atoms with Crippen molar-refractivity contribution in [1.82, 2.24) is 9.80 Å². The number of nitrogens with zero attached hydrogens (tertiary/aromatic N) is 2. The van der Waals surface area contributed by atoms with Gasteiger partial charge in [-0.2, -0.15) is 0 Å². The highest BCUT2D eigenvalue weighted by Crippen LogP contribution is 2.39. The predicted molar refractivity (Wildman–Crippen MR) is 111 cm³/mol. The molecule has 0 atom stereocenters. The second kappa shape index (κ2) is 12.4. The summed E-state index contributed by atoms with van der Waals surface area (Å²) in [6.07, 6.45) is 9.11. The van der Waals surface area contributed by atoms with Gasteiger partial charge in [0, 0.05) is 26.1 Å². The lowest BCUT2D eigenvalue weighted by Crippen LogP contribution is -2.45. The summed E-state index contributed by atoms with van der Waals surface area (Å²) < 4.78 is 0. The molecule has 1 aliphatic carbocycles. The number of rotatable bonds is 7. The van der Waals surface area contributed by atoms with Crippen LogP contribution in [0.1, 0.15) is 65.2 Å². The summed E-state index contributed by atoms with van der Waals surface area (Å²) in [5.74, 6) is 1.12. The monoisotopic (exact) mass is 395 g/mol. The van der Waals surface area contributed by atoms with E-state index >= 15 is 0 Å². The Morgan fingerprint density at radius 1 is 1.08 bits per heavy atom. The molecule has 150 valence electrons. The molecule has 1 heterocycles. The lowest BCUT2D eigenvalue weighted by molar-refractivity contribution is -0.135. The van der Waals surface area contributed by atoms with Gasteiger partial charge in [0.25, 0.3) is 0 Å². The molecule has 1 aliphatic heterocycles. The number of likely N-dealkylation sites (tertiary alicyclic amines) is 1. The SMILES string of the molecule is CCN(CC)CC1CCN(C(=O)CC2(CN)CCCCC2)CC1.Cl.Cl. The summed E-state index contributed by atoms with van der Waals surface area (Å²) >= 11 is 0. The molecule has 2 N–H and O–H groups in total. The fourth-order valence-corrected chi connectivity index (χ4v) is 4.40. The van der Waals surface area contributed by atoms with Crippen LogP contribution >= 0.6 is 24.8 Å². The number of amides is 1. The molecule has 2 rings (SSSR count). The zero-order chi connectivity index (χ0) is 16.7. The third-order valence-corrected chi connectivity index (χ3v) is 6.25. The molecule has 1 saturated heterocycles. The van der Waals surface area contributed by atoms with Gasteiger partial charge in [-0.3, -0.25) is 4.79 Å². The molecule has 0 aromatic heterocycles. The number of carbonyl (C=O) groups excluding carboxylic acids is 1. The van der Waals surface area contributed by atoms with Crippen LogP contribution in [-0.4, -0.2) is 55.0 Å². The van der Waals surface area contributed by atoms with Gasteiger partial charge in [-0.05, 0) is 56.7 Å². The molecule has 0 spiro atoms. The van der Waals surface area contributed by atoms with Crippen LogP contribution in [0.5, 0.6) is 0 Å². The fourth-order valence-electron chi connectivity index (χ4n) is 4.40. The summed E-state index contributed by atoms with van der Waals surface area (Å²) in [5, 5.41) is 0. The van der Waals surface area contributed by atoms with Crippen LogP contribution in [0, 0.1) is 11.3 Å². The van der Waals surface area contributed by atoms with Gasteiger partial charge in [0.1, 0.15) is 0 Å². The highest BCUT2D eigenvalue weighted by Gasteiger charge is 2.35. The minimum Gasteiger partial charge on any atom is -0.343 e. The second-order valence-corrected chi connectivity index (χ2v) is 7.75. The first-order chi connectivity index (χ1) is 11.1. The van der Waals surface area contributed by atoms with E-state index in [2.05, 4.69) is 23.6 Å². The van der Waals surface area contributed by atoms with Crippen LogP contribution in [0.25, 0.3) is 0 Å². The molecular formula is C19H39Cl2N3O. The van der Waals surface area contributed by atoms with Gasteiger partial charge in [-0.15, -0.1) is 24.8 Å². The maximum Gasteiger partial charge on any atom is 0.223 e. The van der Waals surface area contributed by atoms with Crippen LogP contribution in [0.15, 0.2) is 0 Å². The normalized spacial score (nSPS) is 20.7. The summed E-state index contributed by atoms with van der Waals surface area (Å²) in [5.41, 5.74) is 6.15. The van der Waals surface area contributed by atoms with E-state index in [1.54, 1.807) is 0 Å². The number of hydrogen-bond acceptors (Lipinski definition) is 3. The first-order valence-electron chi connectivity index (χ1n) is 9.82. The van der Waals surface area contributed by atoms with Gasteiger partial charge >= 0.3 is 0 Å². The van der Waals surface area contributed by atoms with Crippen LogP contribution in [0.3, 0.4) is 0 Å². The molecule has 6 heteroatoms. The Morgan fingerprint density at radius 3 is 2.12 bits per heavy atom. The average molecular weight is 396 g/mol. The molecule has 0 unspecified atom stereocenters. The van der Waals surface area contributed by atoms with Crippen LogP contribution in [0.4, 0.5) is 0 Å². The van der Waals surface area contributed by atoms with Crippen molar-refractivity contribution < 1.29 is 4.79 Å². The van der Waals surface area contributed by atoms with E-state index < -0.39 is 0 Å². The first-order valence-corrected chi connectivity index (χ1v) is 9.82. The van der Waals surface area contributed by atoms with Crippen molar-refractivity contribution in [2.45, 2.75) is 65.2 Å². The summed E-state index contributed by atoms with van der Waals surface area (Å²) in [4.78, 5) is 17.4. The average Bonchev–Trinajstić information content (AvgIpc) is 2.61. The van der Waals surface area contributed by atoms with Crippen LogP contribution < -0.4 is 5.73 Å². The Bertz CT molecular complexity index is 364. The summed E-state index contributed by atoms with van der Waals surface area (Å²) in [6.45, 7) is 10.5. The Morgan fingerprint density at radius 2 is 1.64 bits per heavy atom. The third-order valence-electron chi connectivity index (χ3n) is 6.25. The Hall–Kier alpha value is -0.0300. The van der Waals surface area contributed by atoms with E-state index in [4.69, 9.17) is 5.73 Å². The minimum absolute atomic E-state index is 0. The highest BCUT2D eigenvalue weighted by molar-refractivity contribution is 5.85. The molecule has 1 saturated carbocycles. The molecule has 2 fully saturated rings. The molecular weight excluding hydrogens is 357 g/mol. The number of halogens is 2. The van der Waals surface area contributed by atoms with Gasteiger partial charge in [-0.25, -0.2) is 0 Å². The van der Waals surface area contributed by atoms with Gasteiger partial charge < -0.3 is 15.5 Å². The molecule has 0 bridgehead atoms. The molecule has 0 radical (unpaired) electrons. The Balaban J connectivity index is 0.00000288. The predicted octanol–water partition coefficient (Wildman–Crippen LogP) is 3.71. The van der Waals surface area contributed by atoms with E-state index in [0.29, 0.717) is 18.9 Å². The highest BCUT2D eigenvalue weighted by atomic mass is 35.5. The quantitative estimate of drug-likeness (QED) is 0.714. The van der Waals surface area contributed by atoms with Gasteiger partial charge in [0.15, 0.2) is 0 Å². The van der Waals surface area contributed by atoms with Crippen molar-refractivity contribution in [3.8, 4) is 0 Å². The third kappa shape index (κ3) is 7.24. The molecule has 25 heavy (non-hydrogen) atoms. The summed E-state index contributed by atoms with van der Waals surface area (Å²) in [6, 6.07) is 0. The van der Waals surface area contributed by atoms with Crippen molar-refractivity contribution in [3.05, 3.63) is 0 Å². The summed E-state index contributed by atoms with van der Waals surface area (Å²) in [7, 11) is 0. The van der Waals surface area contributed by atoms with Crippen molar-refractivity contribution in [2.24, 2.45) is 17.1 Å².